The zero-order valence-electron chi connectivity index (χ0n) is 12.8. The molecule has 1 saturated carbocycles. The van der Waals surface area contributed by atoms with Crippen LogP contribution in [0.25, 0.3) is 0 Å². The van der Waals surface area contributed by atoms with Crippen molar-refractivity contribution in [2.24, 2.45) is 11.7 Å². The monoisotopic (exact) mass is 278 g/mol. The fourth-order valence-electron chi connectivity index (χ4n) is 2.75. The minimum atomic E-state index is -0.0657. The van der Waals surface area contributed by atoms with Crippen LogP contribution in [0.3, 0.4) is 0 Å². The van der Waals surface area contributed by atoms with Crippen LogP contribution in [0.15, 0.2) is 6.07 Å². The number of nitrogens with one attached hydrogen (secondary N) is 1. The first-order valence-corrected chi connectivity index (χ1v) is 7.53. The van der Waals surface area contributed by atoms with Crippen LogP contribution >= 0.6 is 0 Å². The van der Waals surface area contributed by atoms with Gasteiger partial charge in [-0.2, -0.15) is 4.98 Å². The molecular weight excluding hydrogens is 252 g/mol. The van der Waals surface area contributed by atoms with Gasteiger partial charge in [0, 0.05) is 18.3 Å². The quantitative estimate of drug-likeness (QED) is 0.865. The lowest BCUT2D eigenvalue weighted by atomic mass is 9.77. The van der Waals surface area contributed by atoms with E-state index in [9.17, 15) is 0 Å². The molecule has 0 aromatic carbocycles. The Kier molecular flexibility index (Phi) is 4.81. The maximum Gasteiger partial charge on any atom is 0.226 e. The average Bonchev–Trinajstić information content (AvgIpc) is 2.41. The van der Waals surface area contributed by atoms with E-state index in [0.717, 1.165) is 24.5 Å². The first-order chi connectivity index (χ1) is 9.57. The summed E-state index contributed by atoms with van der Waals surface area (Å²) < 4.78 is 5.48. The van der Waals surface area contributed by atoms with Crippen LogP contribution in [-0.2, 0) is 0 Å². The Morgan fingerprint density at radius 1 is 1.40 bits per heavy atom. The molecular formula is C15H26N4O. The molecule has 1 aromatic heterocycles. The molecule has 0 aliphatic heterocycles. The summed E-state index contributed by atoms with van der Waals surface area (Å²) in [6.07, 6.45) is 4.56. The maximum atomic E-state index is 6.02. The van der Waals surface area contributed by atoms with Gasteiger partial charge in [0.15, 0.2) is 0 Å². The summed E-state index contributed by atoms with van der Waals surface area (Å²) in [5.41, 5.74) is 6.86. The number of anilines is 1. The minimum Gasteiger partial charge on any atom is -0.478 e. The molecule has 5 nitrogen and oxygen atoms in total. The Hall–Kier alpha value is -1.36. The van der Waals surface area contributed by atoms with E-state index in [1.54, 1.807) is 0 Å². The van der Waals surface area contributed by atoms with E-state index >= 15 is 0 Å². The van der Waals surface area contributed by atoms with E-state index < -0.39 is 0 Å². The molecule has 1 heterocycles. The van der Waals surface area contributed by atoms with Crippen molar-refractivity contribution in [3.63, 3.8) is 0 Å². The summed E-state index contributed by atoms with van der Waals surface area (Å²) >= 11 is 0. The Morgan fingerprint density at radius 2 is 2.10 bits per heavy atom. The lowest BCUT2D eigenvalue weighted by molar-refractivity contribution is 0.270. The van der Waals surface area contributed by atoms with Gasteiger partial charge < -0.3 is 15.8 Å². The number of hydrogen-bond acceptors (Lipinski definition) is 5. The second kappa shape index (κ2) is 6.39. The molecule has 0 bridgehead atoms. The van der Waals surface area contributed by atoms with Gasteiger partial charge in [-0.25, -0.2) is 4.98 Å². The first-order valence-electron chi connectivity index (χ1n) is 7.53. The van der Waals surface area contributed by atoms with E-state index in [1.807, 2.05) is 19.9 Å². The molecule has 0 unspecified atom stereocenters. The predicted molar refractivity (Wildman–Crippen MR) is 81.0 cm³/mol. The van der Waals surface area contributed by atoms with Crippen molar-refractivity contribution in [1.82, 2.24) is 9.97 Å². The van der Waals surface area contributed by atoms with Crippen molar-refractivity contribution in [2.45, 2.75) is 52.0 Å². The third kappa shape index (κ3) is 3.60. The van der Waals surface area contributed by atoms with Crippen LogP contribution < -0.4 is 15.8 Å². The van der Waals surface area contributed by atoms with Gasteiger partial charge in [-0.05, 0) is 45.4 Å². The highest BCUT2D eigenvalue weighted by atomic mass is 16.5. The molecule has 112 valence electrons. The van der Waals surface area contributed by atoms with Crippen molar-refractivity contribution >= 4 is 5.95 Å². The molecule has 3 N–H and O–H groups in total. The van der Waals surface area contributed by atoms with Crippen LogP contribution in [0.4, 0.5) is 5.95 Å². The fraction of sp³-hybridized carbons (Fsp3) is 0.733. The molecule has 20 heavy (non-hydrogen) atoms. The molecule has 0 atom stereocenters. The van der Waals surface area contributed by atoms with E-state index in [0.29, 0.717) is 25.0 Å². The largest absolute Gasteiger partial charge is 0.478 e. The van der Waals surface area contributed by atoms with E-state index in [-0.39, 0.29) is 5.54 Å². The second-order valence-corrected chi connectivity index (χ2v) is 5.90. The zero-order chi connectivity index (χ0) is 14.6. The molecule has 0 amide bonds. The summed E-state index contributed by atoms with van der Waals surface area (Å²) in [7, 11) is 0. The number of ether oxygens (including phenoxy) is 1. The van der Waals surface area contributed by atoms with E-state index in [2.05, 4.69) is 22.2 Å². The number of aromatic nitrogens is 2. The Bertz CT molecular complexity index is 441. The van der Waals surface area contributed by atoms with Gasteiger partial charge in [-0.1, -0.05) is 6.92 Å². The fourth-order valence-corrected chi connectivity index (χ4v) is 2.75. The second-order valence-electron chi connectivity index (χ2n) is 5.90. The molecule has 1 aromatic rings. The van der Waals surface area contributed by atoms with Gasteiger partial charge in [-0.15, -0.1) is 0 Å². The summed E-state index contributed by atoms with van der Waals surface area (Å²) in [6, 6.07) is 1.85. The van der Waals surface area contributed by atoms with Crippen LogP contribution in [0, 0.1) is 12.8 Å². The highest BCUT2D eigenvalue weighted by Gasteiger charge is 2.33. The van der Waals surface area contributed by atoms with Crippen LogP contribution in [-0.4, -0.2) is 28.7 Å². The average molecular weight is 278 g/mol. The van der Waals surface area contributed by atoms with Crippen LogP contribution in [0.2, 0.25) is 0 Å². The number of rotatable bonds is 5. The van der Waals surface area contributed by atoms with Gasteiger partial charge >= 0.3 is 0 Å². The standard InChI is InChI=1S/C15H26N4O/c1-4-20-13-9-12(3)17-14(18-13)19-15(10-16)7-5-11(2)6-8-15/h9,11H,4-8,10,16H2,1-3H3,(H,17,18,19). The van der Waals surface area contributed by atoms with Crippen molar-refractivity contribution in [3.05, 3.63) is 11.8 Å². The maximum absolute atomic E-state index is 6.02. The molecule has 1 fully saturated rings. The Balaban J connectivity index is 2.14. The highest BCUT2D eigenvalue weighted by molar-refractivity contribution is 5.34. The molecule has 1 aliphatic carbocycles. The molecule has 1 aliphatic rings. The van der Waals surface area contributed by atoms with Crippen molar-refractivity contribution in [2.75, 3.05) is 18.5 Å². The van der Waals surface area contributed by atoms with Gasteiger partial charge in [0.1, 0.15) is 0 Å². The van der Waals surface area contributed by atoms with Gasteiger partial charge in [-0.3, -0.25) is 0 Å². The van der Waals surface area contributed by atoms with Crippen molar-refractivity contribution in [1.29, 1.82) is 0 Å². The smallest absolute Gasteiger partial charge is 0.226 e. The SMILES string of the molecule is CCOc1cc(C)nc(NC2(CN)CCC(C)CC2)n1. The number of nitrogens with two attached hydrogens (primary N) is 1. The van der Waals surface area contributed by atoms with Crippen molar-refractivity contribution in [3.8, 4) is 5.88 Å². The van der Waals surface area contributed by atoms with Gasteiger partial charge in [0.2, 0.25) is 11.8 Å². The summed E-state index contributed by atoms with van der Waals surface area (Å²) in [5, 5.41) is 3.48. The minimum absolute atomic E-state index is 0.0657. The summed E-state index contributed by atoms with van der Waals surface area (Å²) in [5.74, 6) is 2.04. The number of nitrogens with zero attached hydrogens (tertiary/aromatic N) is 2. The lowest BCUT2D eigenvalue weighted by Crippen LogP contribution is -2.48. The Labute approximate surface area is 121 Å². The summed E-state index contributed by atoms with van der Waals surface area (Å²) in [4.78, 5) is 8.89. The molecule has 0 saturated heterocycles. The summed E-state index contributed by atoms with van der Waals surface area (Å²) in [6.45, 7) is 7.43. The van der Waals surface area contributed by atoms with Crippen molar-refractivity contribution < 1.29 is 4.74 Å². The van der Waals surface area contributed by atoms with Crippen LogP contribution in [0.1, 0.15) is 45.2 Å². The van der Waals surface area contributed by atoms with Gasteiger partial charge in [0.05, 0.1) is 12.1 Å². The predicted octanol–water partition coefficient (Wildman–Crippen LogP) is 2.50. The van der Waals surface area contributed by atoms with E-state index in [4.69, 9.17) is 10.5 Å². The normalized spacial score (nSPS) is 26.3. The van der Waals surface area contributed by atoms with Crippen LogP contribution in [0.5, 0.6) is 5.88 Å². The number of aryl methyl sites for hydroxylation is 1. The molecule has 2 rings (SSSR count). The third-order valence-electron chi connectivity index (χ3n) is 4.12. The Morgan fingerprint density at radius 3 is 2.70 bits per heavy atom. The third-order valence-corrected chi connectivity index (χ3v) is 4.12. The lowest BCUT2D eigenvalue weighted by Gasteiger charge is -2.39. The molecule has 0 radical (unpaired) electrons. The first kappa shape index (κ1) is 15.0. The topological polar surface area (TPSA) is 73.1 Å². The molecule has 0 spiro atoms. The van der Waals surface area contributed by atoms with E-state index in [1.165, 1.54) is 12.8 Å². The van der Waals surface area contributed by atoms with Gasteiger partial charge in [0.25, 0.3) is 0 Å². The highest BCUT2D eigenvalue weighted by Crippen LogP contribution is 2.33. The molecule has 5 heteroatoms. The number of hydrogen-bond donors (Lipinski definition) is 2. The zero-order valence-corrected chi connectivity index (χ0v) is 12.8.